The number of Topliss-reactive ketones (excluding diaryl/α,β-unsaturated/α-hetero) is 1. The molecule has 35 heavy (non-hydrogen) atoms. The van der Waals surface area contributed by atoms with Crippen LogP contribution in [0.1, 0.15) is 34.0 Å². The van der Waals surface area contributed by atoms with Gasteiger partial charge in [0.15, 0.2) is 5.76 Å². The number of carbonyl (C=O) groups excluding carboxylic acids is 1. The van der Waals surface area contributed by atoms with Gasteiger partial charge in [0, 0.05) is 61.9 Å². The molecule has 2 aromatic carbocycles. The average Bonchev–Trinajstić information content (AvgIpc) is 3.42. The van der Waals surface area contributed by atoms with Crippen LogP contribution in [0.4, 0.5) is 0 Å². The first-order valence-electron chi connectivity index (χ1n) is 12.5. The van der Waals surface area contributed by atoms with Crippen LogP contribution in [0, 0.1) is 6.92 Å². The molecule has 0 unspecified atom stereocenters. The quantitative estimate of drug-likeness (QED) is 0.521. The third kappa shape index (κ3) is 4.03. The summed E-state index contributed by atoms with van der Waals surface area (Å²) in [5.41, 5.74) is 4.67. The number of aryl methyl sites for hydroxylation is 2. The fourth-order valence-electron chi connectivity index (χ4n) is 5.32. The lowest BCUT2D eigenvalue weighted by Crippen LogP contribution is -2.43. The molecule has 0 amide bonds. The Bertz CT molecular complexity index is 1320. The summed E-state index contributed by atoms with van der Waals surface area (Å²) >= 11 is 0. The van der Waals surface area contributed by atoms with Gasteiger partial charge in [0.2, 0.25) is 5.78 Å². The summed E-state index contributed by atoms with van der Waals surface area (Å²) in [6.45, 7) is 11.6. The number of hydrogen-bond acceptors (Lipinski definition) is 6. The summed E-state index contributed by atoms with van der Waals surface area (Å²) in [6, 6.07) is 10.3. The molecule has 0 N–H and O–H groups in total. The van der Waals surface area contributed by atoms with Gasteiger partial charge in [-0.2, -0.15) is 0 Å². The lowest BCUT2D eigenvalue weighted by Gasteiger charge is -2.33. The molecule has 0 aliphatic carbocycles. The molecule has 1 saturated heterocycles. The first-order chi connectivity index (χ1) is 17.1. The number of rotatable bonds is 5. The van der Waals surface area contributed by atoms with Crippen LogP contribution in [-0.4, -0.2) is 66.3 Å². The first-order valence-corrected chi connectivity index (χ1v) is 12.5. The SMILES string of the molecule is CCn1cc(/C=C2\Oc3c4c(cc(C)c3C2=O)OCN(CCN2CCOCC2)C4)c2ccccc21. The van der Waals surface area contributed by atoms with Crippen molar-refractivity contribution in [2.45, 2.75) is 26.9 Å². The van der Waals surface area contributed by atoms with Crippen molar-refractivity contribution in [2.24, 2.45) is 0 Å². The molecule has 7 heteroatoms. The maximum Gasteiger partial charge on any atom is 0.232 e. The Kier molecular flexibility index (Phi) is 5.84. The molecular formula is C28H31N3O4. The van der Waals surface area contributed by atoms with Gasteiger partial charge in [0.05, 0.1) is 24.3 Å². The maximum atomic E-state index is 13.5. The summed E-state index contributed by atoms with van der Waals surface area (Å²) in [5, 5.41) is 1.12. The number of morpholine rings is 1. The van der Waals surface area contributed by atoms with E-state index in [0.29, 0.717) is 30.3 Å². The number of ketones is 1. The van der Waals surface area contributed by atoms with Gasteiger partial charge in [-0.25, -0.2) is 0 Å². The summed E-state index contributed by atoms with van der Waals surface area (Å²) < 4.78 is 20.1. The van der Waals surface area contributed by atoms with Crippen LogP contribution in [0.15, 0.2) is 42.3 Å². The third-order valence-electron chi connectivity index (χ3n) is 7.27. The Hall–Kier alpha value is -3.13. The predicted octanol–water partition coefficient (Wildman–Crippen LogP) is 4.07. The number of hydrogen-bond donors (Lipinski definition) is 0. The Balaban J connectivity index is 1.28. The van der Waals surface area contributed by atoms with Crippen molar-refractivity contribution in [1.29, 1.82) is 0 Å². The highest BCUT2D eigenvalue weighted by Gasteiger charge is 2.35. The van der Waals surface area contributed by atoms with E-state index in [9.17, 15) is 4.79 Å². The van der Waals surface area contributed by atoms with Crippen molar-refractivity contribution < 1.29 is 19.0 Å². The van der Waals surface area contributed by atoms with Crippen LogP contribution < -0.4 is 9.47 Å². The molecule has 3 aliphatic rings. The molecule has 6 rings (SSSR count). The van der Waals surface area contributed by atoms with E-state index in [0.717, 1.165) is 79.3 Å². The summed E-state index contributed by atoms with van der Waals surface area (Å²) in [5.74, 6) is 1.80. The average molecular weight is 474 g/mol. The second-order valence-corrected chi connectivity index (χ2v) is 9.48. The summed E-state index contributed by atoms with van der Waals surface area (Å²) in [4.78, 5) is 18.2. The molecule has 0 radical (unpaired) electrons. The zero-order valence-electron chi connectivity index (χ0n) is 20.4. The number of nitrogens with zero attached hydrogens (tertiary/aromatic N) is 3. The number of para-hydroxylation sites is 1. The monoisotopic (exact) mass is 473 g/mol. The molecule has 182 valence electrons. The molecule has 0 spiro atoms. The lowest BCUT2D eigenvalue weighted by molar-refractivity contribution is 0.0239. The number of benzene rings is 2. The third-order valence-corrected chi connectivity index (χ3v) is 7.27. The largest absolute Gasteiger partial charge is 0.478 e. The van der Waals surface area contributed by atoms with E-state index in [1.807, 2.05) is 31.2 Å². The van der Waals surface area contributed by atoms with Crippen LogP contribution in [0.5, 0.6) is 11.5 Å². The number of fused-ring (bicyclic) bond motifs is 4. The van der Waals surface area contributed by atoms with Gasteiger partial charge >= 0.3 is 0 Å². The molecule has 0 atom stereocenters. The Morgan fingerprint density at radius 1 is 1.09 bits per heavy atom. The topological polar surface area (TPSA) is 56.2 Å². The van der Waals surface area contributed by atoms with Crippen molar-refractivity contribution in [3.63, 3.8) is 0 Å². The molecule has 3 aliphatic heterocycles. The van der Waals surface area contributed by atoms with Crippen LogP contribution >= 0.6 is 0 Å². The molecule has 0 saturated carbocycles. The van der Waals surface area contributed by atoms with E-state index in [2.05, 4.69) is 39.6 Å². The Labute approximate surface area is 205 Å². The first kappa shape index (κ1) is 22.3. The van der Waals surface area contributed by atoms with E-state index >= 15 is 0 Å². The van der Waals surface area contributed by atoms with Gasteiger partial charge in [-0.3, -0.25) is 14.6 Å². The minimum atomic E-state index is -0.0564. The van der Waals surface area contributed by atoms with Crippen molar-refractivity contribution in [3.8, 4) is 11.5 Å². The van der Waals surface area contributed by atoms with Crippen molar-refractivity contribution >= 4 is 22.8 Å². The molecule has 3 aromatic rings. The highest BCUT2D eigenvalue weighted by molar-refractivity contribution is 6.16. The normalized spacial score (nSPS) is 19.6. The molecule has 7 nitrogen and oxygen atoms in total. The predicted molar refractivity (Wildman–Crippen MR) is 135 cm³/mol. The van der Waals surface area contributed by atoms with Crippen molar-refractivity contribution in [1.82, 2.24) is 14.4 Å². The van der Waals surface area contributed by atoms with Gasteiger partial charge in [0.25, 0.3) is 0 Å². The molecule has 1 fully saturated rings. The van der Waals surface area contributed by atoms with E-state index in [-0.39, 0.29) is 5.78 Å². The second kappa shape index (κ2) is 9.15. The highest BCUT2D eigenvalue weighted by atomic mass is 16.5. The number of ether oxygens (including phenoxy) is 3. The Morgan fingerprint density at radius 2 is 1.89 bits per heavy atom. The number of allylic oxidation sites excluding steroid dienone is 1. The van der Waals surface area contributed by atoms with Crippen LogP contribution in [0.2, 0.25) is 0 Å². The highest BCUT2D eigenvalue weighted by Crippen LogP contribution is 2.44. The summed E-state index contributed by atoms with van der Waals surface area (Å²) in [7, 11) is 0. The lowest BCUT2D eigenvalue weighted by atomic mass is 9.98. The van der Waals surface area contributed by atoms with Gasteiger partial charge in [-0.05, 0) is 37.6 Å². The van der Waals surface area contributed by atoms with Crippen LogP contribution in [-0.2, 0) is 17.8 Å². The smallest absolute Gasteiger partial charge is 0.232 e. The Morgan fingerprint density at radius 3 is 2.71 bits per heavy atom. The van der Waals surface area contributed by atoms with Gasteiger partial charge in [-0.15, -0.1) is 0 Å². The van der Waals surface area contributed by atoms with Crippen LogP contribution in [0.25, 0.3) is 17.0 Å². The van der Waals surface area contributed by atoms with Crippen molar-refractivity contribution in [2.75, 3.05) is 46.1 Å². The van der Waals surface area contributed by atoms with Gasteiger partial charge in [0.1, 0.15) is 18.2 Å². The minimum absolute atomic E-state index is 0.0564. The number of carbonyl (C=O) groups is 1. The zero-order valence-corrected chi connectivity index (χ0v) is 20.4. The second-order valence-electron chi connectivity index (χ2n) is 9.48. The minimum Gasteiger partial charge on any atom is -0.478 e. The fourth-order valence-corrected chi connectivity index (χ4v) is 5.32. The van der Waals surface area contributed by atoms with Crippen LogP contribution in [0.3, 0.4) is 0 Å². The zero-order chi connectivity index (χ0) is 23.9. The molecular weight excluding hydrogens is 442 g/mol. The fraction of sp³-hybridized carbons (Fsp3) is 0.393. The number of aromatic nitrogens is 1. The molecule has 1 aromatic heterocycles. The molecule has 0 bridgehead atoms. The van der Waals surface area contributed by atoms with E-state index in [1.54, 1.807) is 0 Å². The standard InChI is InChI=1S/C28H31N3O4/c1-3-31-16-20(21-6-4-5-7-23(21)31)15-25-27(32)26-19(2)14-24-22(28(26)35-25)17-30(18-34-24)9-8-29-10-12-33-13-11-29/h4-7,14-16H,3,8-13,17-18H2,1-2H3/b25-15-. The van der Waals surface area contributed by atoms with E-state index < -0.39 is 0 Å². The summed E-state index contributed by atoms with van der Waals surface area (Å²) in [6.07, 6.45) is 3.98. The maximum absolute atomic E-state index is 13.5. The van der Waals surface area contributed by atoms with E-state index in [4.69, 9.17) is 14.2 Å². The van der Waals surface area contributed by atoms with Gasteiger partial charge in [-0.1, -0.05) is 18.2 Å². The molecule has 4 heterocycles. The van der Waals surface area contributed by atoms with E-state index in [1.165, 1.54) is 0 Å². The van der Waals surface area contributed by atoms with Gasteiger partial charge < -0.3 is 18.8 Å². The van der Waals surface area contributed by atoms with Crippen molar-refractivity contribution in [3.05, 3.63) is 64.5 Å².